The van der Waals surface area contributed by atoms with Gasteiger partial charge >= 0.3 is 0 Å². The van der Waals surface area contributed by atoms with Crippen LogP contribution in [-0.4, -0.2) is 41.4 Å². The summed E-state index contributed by atoms with van der Waals surface area (Å²) in [6, 6.07) is 7.28. The Morgan fingerprint density at radius 2 is 2.24 bits per heavy atom. The van der Waals surface area contributed by atoms with Crippen molar-refractivity contribution in [3.63, 3.8) is 0 Å². The van der Waals surface area contributed by atoms with E-state index in [0.29, 0.717) is 28.7 Å². The predicted octanol–water partition coefficient (Wildman–Crippen LogP) is 2.38. The highest BCUT2D eigenvalue weighted by Crippen LogP contribution is 2.35. The van der Waals surface area contributed by atoms with E-state index < -0.39 is 0 Å². The summed E-state index contributed by atoms with van der Waals surface area (Å²) < 4.78 is 5.34. The summed E-state index contributed by atoms with van der Waals surface area (Å²) in [5, 5.41) is 10.2. The summed E-state index contributed by atoms with van der Waals surface area (Å²) in [6.45, 7) is 1.38. The average Bonchev–Trinajstić information content (AvgIpc) is 2.93. The van der Waals surface area contributed by atoms with Gasteiger partial charge in [-0.05, 0) is 24.6 Å². The molecule has 110 valence electrons. The summed E-state index contributed by atoms with van der Waals surface area (Å²) in [4.78, 5) is 10.9. The van der Waals surface area contributed by atoms with E-state index in [1.807, 2.05) is 23.1 Å². The zero-order chi connectivity index (χ0) is 14.8. The van der Waals surface area contributed by atoms with Crippen molar-refractivity contribution in [1.82, 2.24) is 9.97 Å². The molecule has 5 nitrogen and oxygen atoms in total. The quantitative estimate of drug-likeness (QED) is 0.943. The van der Waals surface area contributed by atoms with Gasteiger partial charge in [0, 0.05) is 19.3 Å². The van der Waals surface area contributed by atoms with Gasteiger partial charge in [0.2, 0.25) is 0 Å². The van der Waals surface area contributed by atoms with E-state index in [2.05, 4.69) is 9.97 Å². The number of β-amino-alcohol motifs (C(OH)–C–C–N with tert-alkyl or cyclic N) is 1. The Morgan fingerprint density at radius 3 is 2.95 bits per heavy atom. The van der Waals surface area contributed by atoms with Crippen LogP contribution in [0.15, 0.2) is 30.5 Å². The minimum absolute atomic E-state index is 0.293. The highest BCUT2D eigenvalue weighted by molar-refractivity contribution is 6.33. The van der Waals surface area contributed by atoms with Crippen LogP contribution in [0, 0.1) is 0 Å². The van der Waals surface area contributed by atoms with Gasteiger partial charge in [-0.2, -0.15) is 0 Å². The average molecular weight is 306 g/mol. The molecular weight excluding hydrogens is 290 g/mol. The van der Waals surface area contributed by atoms with E-state index >= 15 is 0 Å². The third-order valence-electron chi connectivity index (χ3n) is 3.55. The number of anilines is 1. The zero-order valence-electron chi connectivity index (χ0n) is 11.7. The number of aromatic nitrogens is 2. The number of aliphatic hydroxyl groups excluding tert-OH is 1. The largest absolute Gasteiger partial charge is 0.496 e. The summed E-state index contributed by atoms with van der Waals surface area (Å²) in [6.07, 6.45) is 2.16. The van der Waals surface area contributed by atoms with Crippen molar-refractivity contribution < 1.29 is 9.84 Å². The Labute approximate surface area is 128 Å². The van der Waals surface area contributed by atoms with E-state index in [-0.39, 0.29) is 6.10 Å². The maximum atomic E-state index is 9.65. The number of halogens is 1. The lowest BCUT2D eigenvalue weighted by atomic mass is 10.2. The van der Waals surface area contributed by atoms with E-state index in [1.54, 1.807) is 19.4 Å². The van der Waals surface area contributed by atoms with Gasteiger partial charge in [0.15, 0.2) is 5.82 Å². The Kier molecular flexibility index (Phi) is 3.94. The normalized spacial score (nSPS) is 18.0. The van der Waals surface area contributed by atoms with Crippen LogP contribution in [0.5, 0.6) is 5.75 Å². The van der Waals surface area contributed by atoms with Gasteiger partial charge < -0.3 is 14.7 Å². The molecule has 21 heavy (non-hydrogen) atoms. The third-order valence-corrected chi connectivity index (χ3v) is 3.86. The molecule has 1 aromatic carbocycles. The van der Waals surface area contributed by atoms with Gasteiger partial charge in [-0.3, -0.25) is 0 Å². The first-order chi connectivity index (χ1) is 10.2. The maximum Gasteiger partial charge on any atom is 0.166 e. The van der Waals surface area contributed by atoms with Crippen LogP contribution in [-0.2, 0) is 0 Å². The number of methoxy groups -OCH3 is 1. The molecule has 0 spiro atoms. The number of hydrogen-bond acceptors (Lipinski definition) is 5. The Hall–Kier alpha value is -1.85. The molecule has 0 saturated carbocycles. The highest BCUT2D eigenvalue weighted by Gasteiger charge is 2.22. The van der Waals surface area contributed by atoms with Gasteiger partial charge in [0.1, 0.15) is 11.6 Å². The molecule has 6 heteroatoms. The molecule has 0 unspecified atom stereocenters. The van der Waals surface area contributed by atoms with Crippen molar-refractivity contribution in [3.8, 4) is 17.1 Å². The predicted molar refractivity (Wildman–Crippen MR) is 81.9 cm³/mol. The molecular formula is C15H16ClN3O2. The molecule has 0 radical (unpaired) electrons. The minimum atomic E-state index is -0.293. The molecule has 1 saturated heterocycles. The van der Waals surface area contributed by atoms with Crippen LogP contribution < -0.4 is 9.64 Å². The lowest BCUT2D eigenvalue weighted by Crippen LogP contribution is -2.22. The SMILES string of the molecule is COc1cccc(Cl)c1-c1nccc(N2CC[C@@H](O)C2)n1. The van der Waals surface area contributed by atoms with Crippen LogP contribution in [0.1, 0.15) is 6.42 Å². The van der Waals surface area contributed by atoms with Gasteiger partial charge in [0.05, 0.1) is 23.8 Å². The Bertz CT molecular complexity index is 651. The van der Waals surface area contributed by atoms with Gasteiger partial charge in [-0.1, -0.05) is 17.7 Å². The number of rotatable bonds is 3. The van der Waals surface area contributed by atoms with Gasteiger partial charge in [0.25, 0.3) is 0 Å². The fourth-order valence-corrected chi connectivity index (χ4v) is 2.74. The monoisotopic (exact) mass is 305 g/mol. The molecule has 0 aliphatic carbocycles. The first-order valence-corrected chi connectivity index (χ1v) is 7.16. The second-order valence-electron chi connectivity index (χ2n) is 4.94. The van der Waals surface area contributed by atoms with Crippen LogP contribution in [0.2, 0.25) is 5.02 Å². The van der Waals surface area contributed by atoms with E-state index in [0.717, 1.165) is 18.8 Å². The highest BCUT2D eigenvalue weighted by atomic mass is 35.5. The molecule has 2 aromatic rings. The fourth-order valence-electron chi connectivity index (χ4n) is 2.49. The topological polar surface area (TPSA) is 58.5 Å². The summed E-state index contributed by atoms with van der Waals surface area (Å²) in [5.41, 5.74) is 0.684. The second-order valence-corrected chi connectivity index (χ2v) is 5.35. The molecule has 0 bridgehead atoms. The molecule has 1 fully saturated rings. The van der Waals surface area contributed by atoms with E-state index in [1.165, 1.54) is 0 Å². The van der Waals surface area contributed by atoms with Crippen LogP contribution in [0.25, 0.3) is 11.4 Å². The molecule has 1 N–H and O–H groups in total. The molecule has 1 atom stereocenters. The van der Waals surface area contributed by atoms with E-state index in [4.69, 9.17) is 16.3 Å². The number of benzene rings is 1. The van der Waals surface area contributed by atoms with Crippen molar-refractivity contribution in [2.24, 2.45) is 0 Å². The molecule has 1 aromatic heterocycles. The molecule has 3 rings (SSSR count). The van der Waals surface area contributed by atoms with Crippen molar-refractivity contribution in [2.45, 2.75) is 12.5 Å². The van der Waals surface area contributed by atoms with Crippen LogP contribution in [0.4, 0.5) is 5.82 Å². The zero-order valence-corrected chi connectivity index (χ0v) is 12.4. The first kappa shape index (κ1) is 14.1. The Morgan fingerprint density at radius 1 is 1.38 bits per heavy atom. The van der Waals surface area contributed by atoms with Crippen LogP contribution in [0.3, 0.4) is 0 Å². The number of nitrogens with zero attached hydrogens (tertiary/aromatic N) is 3. The molecule has 0 amide bonds. The van der Waals surface area contributed by atoms with Crippen molar-refractivity contribution in [3.05, 3.63) is 35.5 Å². The number of aliphatic hydroxyl groups is 1. The van der Waals surface area contributed by atoms with Crippen molar-refractivity contribution in [2.75, 3.05) is 25.1 Å². The lowest BCUT2D eigenvalue weighted by molar-refractivity contribution is 0.198. The lowest BCUT2D eigenvalue weighted by Gasteiger charge is -2.17. The second kappa shape index (κ2) is 5.87. The molecule has 1 aliphatic heterocycles. The molecule has 1 aliphatic rings. The first-order valence-electron chi connectivity index (χ1n) is 6.78. The summed E-state index contributed by atoms with van der Waals surface area (Å²) >= 11 is 6.26. The third kappa shape index (κ3) is 2.80. The number of ether oxygens (including phenoxy) is 1. The van der Waals surface area contributed by atoms with Gasteiger partial charge in [-0.25, -0.2) is 9.97 Å². The molecule has 2 heterocycles. The maximum absolute atomic E-state index is 9.65. The minimum Gasteiger partial charge on any atom is -0.496 e. The Balaban J connectivity index is 2.00. The van der Waals surface area contributed by atoms with E-state index in [9.17, 15) is 5.11 Å². The van der Waals surface area contributed by atoms with Crippen molar-refractivity contribution >= 4 is 17.4 Å². The summed E-state index contributed by atoms with van der Waals surface area (Å²) in [5.74, 6) is 1.95. The van der Waals surface area contributed by atoms with Crippen LogP contribution >= 0.6 is 11.6 Å². The number of hydrogen-bond donors (Lipinski definition) is 1. The standard InChI is InChI=1S/C15H16ClN3O2/c1-21-12-4-2-3-11(16)14(12)15-17-7-5-13(18-15)19-8-6-10(20)9-19/h2-5,7,10,20H,6,8-9H2,1H3/t10-/m1/s1. The van der Waals surface area contributed by atoms with Gasteiger partial charge in [-0.15, -0.1) is 0 Å². The smallest absolute Gasteiger partial charge is 0.166 e. The van der Waals surface area contributed by atoms with Crippen molar-refractivity contribution in [1.29, 1.82) is 0 Å². The fraction of sp³-hybridized carbons (Fsp3) is 0.333. The summed E-state index contributed by atoms with van der Waals surface area (Å²) in [7, 11) is 1.59.